The Morgan fingerprint density at radius 1 is 1.06 bits per heavy atom. The van der Waals surface area contributed by atoms with Crippen LogP contribution >= 0.6 is 34.5 Å². The first-order valence-electron chi connectivity index (χ1n) is 9.39. The number of nitrogens with zero attached hydrogens (tertiary/aromatic N) is 3. The Morgan fingerprint density at radius 3 is 2.52 bits per heavy atom. The predicted molar refractivity (Wildman–Crippen MR) is 124 cm³/mol. The highest BCUT2D eigenvalue weighted by molar-refractivity contribution is 7.13. The standard InChI is InChI=1S/C21H21Cl2N5O2S/c1-13-3-5-14(6-4-13)10-24-20(30)21-27-26-19(31-21)12-28(2)11-18(29)25-15-7-8-16(22)17(23)9-15/h3-9H,10-12H2,1-2H3,(H,24,30)(H,25,29). The first-order chi connectivity index (χ1) is 14.8. The van der Waals surface area contributed by atoms with Crippen molar-refractivity contribution >= 4 is 52.0 Å². The van der Waals surface area contributed by atoms with Gasteiger partial charge in [0.15, 0.2) is 0 Å². The molecule has 0 unspecified atom stereocenters. The highest BCUT2D eigenvalue weighted by atomic mass is 35.5. The number of rotatable bonds is 8. The van der Waals surface area contributed by atoms with Gasteiger partial charge < -0.3 is 10.6 Å². The average Bonchev–Trinajstić information content (AvgIpc) is 3.18. The summed E-state index contributed by atoms with van der Waals surface area (Å²) in [5, 5.41) is 15.4. The van der Waals surface area contributed by atoms with Gasteiger partial charge in [0, 0.05) is 12.2 Å². The minimum Gasteiger partial charge on any atom is -0.346 e. The third kappa shape index (κ3) is 7.00. The zero-order valence-electron chi connectivity index (χ0n) is 17.0. The van der Waals surface area contributed by atoms with E-state index in [1.807, 2.05) is 31.2 Å². The fourth-order valence-corrected chi connectivity index (χ4v) is 3.81. The van der Waals surface area contributed by atoms with Crippen LogP contribution in [0.4, 0.5) is 5.69 Å². The molecule has 0 spiro atoms. The van der Waals surface area contributed by atoms with E-state index >= 15 is 0 Å². The maximum atomic E-state index is 12.3. The minimum absolute atomic E-state index is 0.134. The number of benzene rings is 2. The highest BCUT2D eigenvalue weighted by Gasteiger charge is 2.15. The second-order valence-corrected chi connectivity index (χ2v) is 8.90. The van der Waals surface area contributed by atoms with Gasteiger partial charge in [0.25, 0.3) is 5.91 Å². The average molecular weight is 478 g/mol. The van der Waals surface area contributed by atoms with Crippen molar-refractivity contribution < 1.29 is 9.59 Å². The van der Waals surface area contributed by atoms with Crippen LogP contribution in [0.2, 0.25) is 10.0 Å². The van der Waals surface area contributed by atoms with E-state index in [0.29, 0.717) is 33.8 Å². The Labute approximate surface area is 194 Å². The van der Waals surface area contributed by atoms with Crippen LogP contribution < -0.4 is 10.6 Å². The van der Waals surface area contributed by atoms with Crippen molar-refractivity contribution in [3.05, 3.63) is 73.7 Å². The molecule has 0 aliphatic carbocycles. The number of nitrogens with one attached hydrogen (secondary N) is 2. The number of likely N-dealkylation sites (N-methyl/N-ethyl adjacent to an activating group) is 1. The molecule has 7 nitrogen and oxygen atoms in total. The van der Waals surface area contributed by atoms with E-state index < -0.39 is 0 Å². The van der Waals surface area contributed by atoms with E-state index in [0.717, 1.165) is 5.56 Å². The molecule has 0 saturated carbocycles. The molecule has 0 radical (unpaired) electrons. The summed E-state index contributed by atoms with van der Waals surface area (Å²) in [6.45, 7) is 2.95. The lowest BCUT2D eigenvalue weighted by molar-refractivity contribution is -0.117. The van der Waals surface area contributed by atoms with Crippen LogP contribution in [0.15, 0.2) is 42.5 Å². The van der Waals surface area contributed by atoms with Gasteiger partial charge in [0.2, 0.25) is 10.9 Å². The predicted octanol–water partition coefficient (Wildman–Crippen LogP) is 4.15. The van der Waals surface area contributed by atoms with Crippen LogP contribution in [0.25, 0.3) is 0 Å². The summed E-state index contributed by atoms with van der Waals surface area (Å²) in [5.41, 5.74) is 2.74. The molecule has 2 amide bonds. The van der Waals surface area contributed by atoms with Crippen LogP contribution in [0.1, 0.15) is 25.9 Å². The van der Waals surface area contributed by atoms with Crippen molar-refractivity contribution in [2.24, 2.45) is 0 Å². The van der Waals surface area contributed by atoms with Crippen LogP contribution in [0, 0.1) is 6.92 Å². The summed E-state index contributed by atoms with van der Waals surface area (Å²) in [6, 6.07) is 12.8. The van der Waals surface area contributed by atoms with E-state index in [2.05, 4.69) is 20.8 Å². The van der Waals surface area contributed by atoms with E-state index in [1.54, 1.807) is 30.1 Å². The molecule has 0 bridgehead atoms. The summed E-state index contributed by atoms with van der Waals surface area (Å²) in [5.74, 6) is -0.481. The van der Waals surface area contributed by atoms with Gasteiger partial charge >= 0.3 is 0 Å². The van der Waals surface area contributed by atoms with E-state index in [1.165, 1.54) is 16.9 Å². The van der Waals surface area contributed by atoms with Crippen molar-refractivity contribution in [2.45, 2.75) is 20.0 Å². The molecule has 3 rings (SSSR count). The number of carbonyl (C=O) groups is 2. The van der Waals surface area contributed by atoms with Gasteiger partial charge in [0.1, 0.15) is 5.01 Å². The number of anilines is 1. The molecular weight excluding hydrogens is 457 g/mol. The van der Waals surface area contributed by atoms with Crippen LogP contribution in [0.5, 0.6) is 0 Å². The molecule has 2 aromatic carbocycles. The monoisotopic (exact) mass is 477 g/mol. The molecule has 0 saturated heterocycles. The van der Waals surface area contributed by atoms with E-state index in [-0.39, 0.29) is 23.4 Å². The Kier molecular flexibility index (Phi) is 7.97. The Balaban J connectivity index is 1.47. The topological polar surface area (TPSA) is 87.2 Å². The fraction of sp³-hybridized carbons (Fsp3) is 0.238. The maximum absolute atomic E-state index is 12.3. The van der Waals surface area contributed by atoms with Gasteiger partial charge in [-0.1, -0.05) is 64.4 Å². The quantitative estimate of drug-likeness (QED) is 0.508. The highest BCUT2D eigenvalue weighted by Crippen LogP contribution is 2.25. The molecule has 0 fully saturated rings. The number of amides is 2. The SMILES string of the molecule is Cc1ccc(CNC(=O)c2nnc(CN(C)CC(=O)Nc3ccc(Cl)c(Cl)c3)s2)cc1. The first-order valence-corrected chi connectivity index (χ1v) is 11.0. The van der Waals surface area contributed by atoms with Crippen LogP contribution in [-0.2, 0) is 17.9 Å². The Hall–Kier alpha value is -2.52. The van der Waals surface area contributed by atoms with Crippen molar-refractivity contribution in [3.63, 3.8) is 0 Å². The van der Waals surface area contributed by atoms with Crippen LogP contribution in [0.3, 0.4) is 0 Å². The lowest BCUT2D eigenvalue weighted by atomic mass is 10.1. The molecule has 0 aliphatic rings. The van der Waals surface area contributed by atoms with Crippen LogP contribution in [-0.4, -0.2) is 40.5 Å². The number of aromatic nitrogens is 2. The fourth-order valence-electron chi connectivity index (χ4n) is 2.68. The molecule has 0 atom stereocenters. The van der Waals surface area contributed by atoms with Gasteiger partial charge in [-0.2, -0.15) is 0 Å². The van der Waals surface area contributed by atoms with Gasteiger partial charge in [-0.05, 0) is 37.7 Å². The van der Waals surface area contributed by atoms with E-state index in [9.17, 15) is 9.59 Å². The summed E-state index contributed by atoms with van der Waals surface area (Å²) in [4.78, 5) is 26.3. The molecular formula is C21H21Cl2N5O2S. The van der Waals surface area contributed by atoms with Gasteiger partial charge in [-0.3, -0.25) is 14.5 Å². The van der Waals surface area contributed by atoms with Gasteiger partial charge in [0.05, 0.1) is 23.1 Å². The Bertz CT molecular complexity index is 1070. The number of halogens is 2. The van der Waals surface area contributed by atoms with Crippen molar-refractivity contribution in [1.82, 2.24) is 20.4 Å². The largest absolute Gasteiger partial charge is 0.346 e. The molecule has 2 N–H and O–H groups in total. The number of aryl methyl sites for hydroxylation is 1. The minimum atomic E-state index is -0.274. The first kappa shape index (κ1) is 23.1. The second-order valence-electron chi connectivity index (χ2n) is 7.02. The molecule has 10 heteroatoms. The zero-order valence-corrected chi connectivity index (χ0v) is 19.3. The Morgan fingerprint density at radius 2 is 1.81 bits per heavy atom. The maximum Gasteiger partial charge on any atom is 0.282 e. The molecule has 1 heterocycles. The smallest absolute Gasteiger partial charge is 0.282 e. The second kappa shape index (κ2) is 10.7. The molecule has 1 aromatic heterocycles. The summed E-state index contributed by atoms with van der Waals surface area (Å²) in [6.07, 6.45) is 0. The molecule has 0 aliphatic heterocycles. The molecule has 3 aromatic rings. The molecule has 162 valence electrons. The number of carbonyl (C=O) groups excluding carboxylic acids is 2. The number of hydrogen-bond acceptors (Lipinski definition) is 6. The number of hydrogen-bond donors (Lipinski definition) is 2. The van der Waals surface area contributed by atoms with Crippen molar-refractivity contribution in [3.8, 4) is 0 Å². The summed E-state index contributed by atoms with van der Waals surface area (Å²) >= 11 is 13.0. The third-order valence-corrected chi connectivity index (χ3v) is 5.90. The summed E-state index contributed by atoms with van der Waals surface area (Å²) in [7, 11) is 1.78. The normalized spacial score (nSPS) is 10.9. The lowest BCUT2D eigenvalue weighted by Crippen LogP contribution is -2.29. The van der Waals surface area contributed by atoms with Crippen molar-refractivity contribution in [2.75, 3.05) is 18.9 Å². The van der Waals surface area contributed by atoms with Crippen molar-refractivity contribution in [1.29, 1.82) is 0 Å². The zero-order chi connectivity index (χ0) is 22.4. The lowest BCUT2D eigenvalue weighted by Gasteiger charge is -2.14. The van der Waals surface area contributed by atoms with E-state index in [4.69, 9.17) is 23.2 Å². The van der Waals surface area contributed by atoms with Gasteiger partial charge in [-0.15, -0.1) is 10.2 Å². The third-order valence-electron chi connectivity index (χ3n) is 4.26. The molecule has 31 heavy (non-hydrogen) atoms. The summed E-state index contributed by atoms with van der Waals surface area (Å²) < 4.78 is 0. The van der Waals surface area contributed by atoms with Gasteiger partial charge in [-0.25, -0.2) is 0 Å².